The summed E-state index contributed by atoms with van der Waals surface area (Å²) >= 11 is 9.28. The van der Waals surface area contributed by atoms with Gasteiger partial charge in [0.15, 0.2) is 0 Å². The van der Waals surface area contributed by atoms with Gasteiger partial charge in [-0.1, -0.05) is 18.0 Å². The number of rotatable bonds is 1. The van der Waals surface area contributed by atoms with Crippen molar-refractivity contribution in [1.29, 1.82) is 0 Å². The van der Waals surface area contributed by atoms with Crippen LogP contribution >= 0.6 is 27.5 Å². The normalized spacial score (nSPS) is 17.5. The molecular weight excluding hydrogens is 237 g/mol. The molecule has 0 amide bonds. The summed E-state index contributed by atoms with van der Waals surface area (Å²) < 4.78 is 0.882. The molecule has 3 heteroatoms. The Balaban J connectivity index is 2.27. The van der Waals surface area contributed by atoms with Crippen LogP contribution < -0.4 is 0 Å². The van der Waals surface area contributed by atoms with Gasteiger partial charge in [-0.25, -0.2) is 0 Å². The molecule has 1 aliphatic rings. The number of nitrogens with zero attached hydrogens (tertiary/aromatic N) is 1. The lowest BCUT2D eigenvalue weighted by molar-refractivity contribution is 0.411. The van der Waals surface area contributed by atoms with Crippen LogP contribution in [0, 0.1) is 0 Å². The van der Waals surface area contributed by atoms with Crippen LogP contribution in [0.4, 0.5) is 0 Å². The molecule has 0 radical (unpaired) electrons. The lowest BCUT2D eigenvalue weighted by Crippen LogP contribution is -2.10. The van der Waals surface area contributed by atoms with E-state index >= 15 is 0 Å². The van der Waals surface area contributed by atoms with Crippen LogP contribution in [-0.2, 0) is 0 Å². The highest BCUT2D eigenvalue weighted by Gasteiger charge is 2.21. The maximum atomic E-state index is 5.95. The lowest BCUT2D eigenvalue weighted by Gasteiger charge is -2.24. The molecule has 1 saturated carbocycles. The molecule has 12 heavy (non-hydrogen) atoms. The van der Waals surface area contributed by atoms with E-state index in [1.807, 2.05) is 6.07 Å². The SMILES string of the molecule is Clc1cc(C2CCC2)ncc1Br. The zero-order valence-corrected chi connectivity index (χ0v) is 8.90. The molecule has 0 atom stereocenters. The molecular formula is C9H9BrClN. The van der Waals surface area contributed by atoms with Gasteiger partial charge in [0.2, 0.25) is 0 Å². The van der Waals surface area contributed by atoms with E-state index in [-0.39, 0.29) is 0 Å². The zero-order chi connectivity index (χ0) is 8.55. The van der Waals surface area contributed by atoms with Crippen molar-refractivity contribution in [2.75, 3.05) is 0 Å². The molecule has 0 spiro atoms. The predicted molar refractivity (Wildman–Crippen MR) is 53.5 cm³/mol. The molecule has 0 bridgehead atoms. The van der Waals surface area contributed by atoms with Crippen molar-refractivity contribution in [3.8, 4) is 0 Å². The molecule has 0 aliphatic heterocycles. The Morgan fingerprint density at radius 1 is 1.50 bits per heavy atom. The van der Waals surface area contributed by atoms with E-state index < -0.39 is 0 Å². The smallest absolute Gasteiger partial charge is 0.0581 e. The van der Waals surface area contributed by atoms with Crippen molar-refractivity contribution in [2.24, 2.45) is 0 Å². The van der Waals surface area contributed by atoms with Gasteiger partial charge in [-0.05, 0) is 34.8 Å². The van der Waals surface area contributed by atoms with E-state index in [1.165, 1.54) is 19.3 Å². The van der Waals surface area contributed by atoms with Crippen molar-refractivity contribution < 1.29 is 0 Å². The summed E-state index contributed by atoms with van der Waals surface area (Å²) in [6.45, 7) is 0. The molecule has 0 saturated heterocycles. The lowest BCUT2D eigenvalue weighted by atomic mass is 9.83. The first-order chi connectivity index (χ1) is 5.77. The summed E-state index contributed by atoms with van der Waals surface area (Å²) in [6, 6.07) is 1.97. The minimum absolute atomic E-state index is 0.663. The molecule has 1 aliphatic carbocycles. The summed E-state index contributed by atoms with van der Waals surface area (Å²) in [6.07, 6.45) is 5.66. The second-order valence-corrected chi connectivity index (χ2v) is 4.41. The van der Waals surface area contributed by atoms with Gasteiger partial charge in [0.25, 0.3) is 0 Å². The van der Waals surface area contributed by atoms with E-state index in [2.05, 4.69) is 20.9 Å². The van der Waals surface area contributed by atoms with E-state index in [4.69, 9.17) is 11.6 Å². The molecule has 1 fully saturated rings. The van der Waals surface area contributed by atoms with Crippen LogP contribution in [0.2, 0.25) is 5.02 Å². The molecule has 0 N–H and O–H groups in total. The van der Waals surface area contributed by atoms with Crippen molar-refractivity contribution in [1.82, 2.24) is 4.98 Å². The summed E-state index contributed by atoms with van der Waals surface area (Å²) in [4.78, 5) is 4.33. The largest absolute Gasteiger partial charge is 0.260 e. The molecule has 64 valence electrons. The average Bonchev–Trinajstić information content (AvgIpc) is 1.93. The molecule has 1 nitrogen and oxygen atoms in total. The zero-order valence-electron chi connectivity index (χ0n) is 6.56. The standard InChI is InChI=1S/C9H9BrClN/c10-7-5-12-9(4-8(7)11)6-2-1-3-6/h4-6H,1-3H2. The highest BCUT2D eigenvalue weighted by atomic mass is 79.9. The number of aromatic nitrogens is 1. The Hall–Kier alpha value is -0.0800. The van der Waals surface area contributed by atoms with E-state index in [1.54, 1.807) is 6.20 Å². The first kappa shape index (κ1) is 8.52. The van der Waals surface area contributed by atoms with Gasteiger partial charge in [0.05, 0.1) is 9.50 Å². The fourth-order valence-electron chi connectivity index (χ4n) is 1.36. The molecule has 0 unspecified atom stereocenters. The van der Waals surface area contributed by atoms with Crippen LogP contribution in [0.1, 0.15) is 30.9 Å². The Bertz CT molecular complexity index is 297. The van der Waals surface area contributed by atoms with Crippen LogP contribution in [0.3, 0.4) is 0 Å². The third-order valence-corrected chi connectivity index (χ3v) is 3.53. The summed E-state index contributed by atoms with van der Waals surface area (Å²) in [7, 11) is 0. The second-order valence-electron chi connectivity index (χ2n) is 3.15. The molecule has 0 aromatic carbocycles. The number of hydrogen-bond acceptors (Lipinski definition) is 1. The van der Waals surface area contributed by atoms with E-state index in [9.17, 15) is 0 Å². The number of halogens is 2. The van der Waals surface area contributed by atoms with Crippen LogP contribution in [0.15, 0.2) is 16.7 Å². The quantitative estimate of drug-likeness (QED) is 0.735. The van der Waals surface area contributed by atoms with Gasteiger partial charge >= 0.3 is 0 Å². The summed E-state index contributed by atoms with van der Waals surface area (Å²) in [5.41, 5.74) is 1.15. The molecule has 1 aromatic heterocycles. The van der Waals surface area contributed by atoms with Crippen molar-refractivity contribution >= 4 is 27.5 Å². The molecule has 1 aromatic rings. The van der Waals surface area contributed by atoms with Crippen LogP contribution in [0.5, 0.6) is 0 Å². The third-order valence-electron chi connectivity index (χ3n) is 2.35. The first-order valence-electron chi connectivity index (χ1n) is 4.08. The predicted octanol–water partition coefficient (Wildman–Crippen LogP) is 3.77. The minimum atomic E-state index is 0.663. The van der Waals surface area contributed by atoms with Crippen LogP contribution in [-0.4, -0.2) is 4.98 Å². The fraction of sp³-hybridized carbons (Fsp3) is 0.444. The highest BCUT2D eigenvalue weighted by Crippen LogP contribution is 2.36. The fourth-order valence-corrected chi connectivity index (χ4v) is 1.73. The van der Waals surface area contributed by atoms with Gasteiger partial charge < -0.3 is 0 Å². The van der Waals surface area contributed by atoms with Gasteiger partial charge in [0.1, 0.15) is 0 Å². The minimum Gasteiger partial charge on any atom is -0.260 e. The summed E-state index contributed by atoms with van der Waals surface area (Å²) in [5.74, 6) is 0.663. The van der Waals surface area contributed by atoms with Crippen molar-refractivity contribution in [3.63, 3.8) is 0 Å². The molecule has 1 heterocycles. The van der Waals surface area contributed by atoms with Gasteiger partial charge in [0, 0.05) is 17.8 Å². The van der Waals surface area contributed by atoms with Crippen molar-refractivity contribution in [2.45, 2.75) is 25.2 Å². The first-order valence-corrected chi connectivity index (χ1v) is 5.25. The topological polar surface area (TPSA) is 12.9 Å². The average molecular weight is 247 g/mol. The Morgan fingerprint density at radius 2 is 2.25 bits per heavy atom. The Labute approximate surface area is 85.3 Å². The van der Waals surface area contributed by atoms with Crippen LogP contribution in [0.25, 0.3) is 0 Å². The maximum absolute atomic E-state index is 5.95. The monoisotopic (exact) mass is 245 g/mol. The Kier molecular flexibility index (Phi) is 2.37. The number of pyridine rings is 1. The number of hydrogen-bond donors (Lipinski definition) is 0. The molecule has 2 rings (SSSR count). The van der Waals surface area contributed by atoms with Gasteiger partial charge in [-0.15, -0.1) is 0 Å². The van der Waals surface area contributed by atoms with Crippen molar-refractivity contribution in [3.05, 3.63) is 27.5 Å². The highest BCUT2D eigenvalue weighted by molar-refractivity contribution is 9.10. The van der Waals surface area contributed by atoms with Gasteiger partial charge in [-0.3, -0.25) is 4.98 Å². The second kappa shape index (κ2) is 3.35. The van der Waals surface area contributed by atoms with E-state index in [0.29, 0.717) is 5.92 Å². The van der Waals surface area contributed by atoms with Gasteiger partial charge in [-0.2, -0.15) is 0 Å². The van der Waals surface area contributed by atoms with E-state index in [0.717, 1.165) is 15.2 Å². The summed E-state index contributed by atoms with van der Waals surface area (Å²) in [5, 5.41) is 0.770. The Morgan fingerprint density at radius 3 is 2.75 bits per heavy atom. The maximum Gasteiger partial charge on any atom is 0.0581 e. The third kappa shape index (κ3) is 1.50.